The molecule has 1 fully saturated rings. The highest BCUT2D eigenvalue weighted by atomic mass is 16.3. The monoisotopic (exact) mass is 368 g/mol. The summed E-state index contributed by atoms with van der Waals surface area (Å²) >= 11 is 0. The summed E-state index contributed by atoms with van der Waals surface area (Å²) in [6.07, 6.45) is 1.82. The van der Waals surface area contributed by atoms with Crippen LogP contribution in [0.5, 0.6) is 5.75 Å². The Hall–Kier alpha value is -2.37. The van der Waals surface area contributed by atoms with E-state index in [1.54, 1.807) is 26.0 Å². The predicted molar refractivity (Wildman–Crippen MR) is 106 cm³/mol. The van der Waals surface area contributed by atoms with Gasteiger partial charge in [0, 0.05) is 30.8 Å². The van der Waals surface area contributed by atoms with E-state index in [2.05, 4.69) is 12.1 Å². The summed E-state index contributed by atoms with van der Waals surface area (Å²) in [6.45, 7) is 5.12. The Morgan fingerprint density at radius 3 is 2.48 bits per heavy atom. The van der Waals surface area contributed by atoms with Gasteiger partial charge in [-0.05, 0) is 55.9 Å². The second-order valence-electron chi connectivity index (χ2n) is 7.81. The summed E-state index contributed by atoms with van der Waals surface area (Å²) in [5, 5.41) is 20.2. The lowest BCUT2D eigenvalue weighted by atomic mass is 9.88. The molecule has 1 saturated heterocycles. The van der Waals surface area contributed by atoms with Crippen molar-refractivity contribution >= 4 is 5.91 Å². The molecule has 2 aromatic rings. The zero-order chi connectivity index (χ0) is 19.6. The maximum atomic E-state index is 12.8. The molecule has 27 heavy (non-hydrogen) atoms. The van der Waals surface area contributed by atoms with Crippen molar-refractivity contribution in [1.29, 1.82) is 0 Å². The van der Waals surface area contributed by atoms with Crippen LogP contribution >= 0.6 is 0 Å². The van der Waals surface area contributed by atoms with Crippen LogP contribution in [0.3, 0.4) is 0 Å². The lowest BCUT2D eigenvalue weighted by Crippen LogP contribution is -2.38. The molecule has 3 rings (SSSR count). The molecule has 144 valence electrons. The molecule has 0 aromatic heterocycles. The summed E-state index contributed by atoms with van der Waals surface area (Å²) in [7, 11) is 0. The number of likely N-dealkylation sites (tertiary alicyclic amines) is 1. The number of carbonyl (C=O) groups excluding carboxylic acids is 1. The van der Waals surface area contributed by atoms with Gasteiger partial charge < -0.3 is 20.8 Å². The normalized spacial score (nSPS) is 15.8. The van der Waals surface area contributed by atoms with Crippen molar-refractivity contribution in [3.63, 3.8) is 0 Å². The third kappa shape index (κ3) is 4.31. The fourth-order valence-corrected chi connectivity index (χ4v) is 3.75. The lowest BCUT2D eigenvalue weighted by molar-refractivity contribution is 0.0703. The van der Waals surface area contributed by atoms with E-state index in [-0.39, 0.29) is 11.7 Å². The highest BCUT2D eigenvalue weighted by Gasteiger charge is 2.26. The van der Waals surface area contributed by atoms with E-state index in [4.69, 9.17) is 5.73 Å². The first kappa shape index (κ1) is 19.4. The Morgan fingerprint density at radius 1 is 1.19 bits per heavy atom. The largest absolute Gasteiger partial charge is 0.508 e. The molecule has 0 aliphatic carbocycles. The van der Waals surface area contributed by atoms with E-state index in [0.29, 0.717) is 36.7 Å². The van der Waals surface area contributed by atoms with Crippen LogP contribution < -0.4 is 5.73 Å². The molecule has 0 bridgehead atoms. The number of aromatic hydroxyl groups is 1. The van der Waals surface area contributed by atoms with Crippen molar-refractivity contribution in [1.82, 2.24) is 4.90 Å². The van der Waals surface area contributed by atoms with E-state index >= 15 is 0 Å². The molecular weight excluding hydrogens is 340 g/mol. The third-order valence-corrected chi connectivity index (χ3v) is 5.34. The average Bonchev–Trinajstić information content (AvgIpc) is 2.66. The summed E-state index contributed by atoms with van der Waals surface area (Å²) in [4.78, 5) is 14.6. The van der Waals surface area contributed by atoms with Crippen LogP contribution in [-0.2, 0) is 12.1 Å². The number of nitrogens with zero attached hydrogens (tertiary/aromatic N) is 1. The lowest BCUT2D eigenvalue weighted by Gasteiger charge is -2.32. The third-order valence-electron chi connectivity index (χ3n) is 5.34. The van der Waals surface area contributed by atoms with Crippen molar-refractivity contribution in [3.05, 3.63) is 64.7 Å². The van der Waals surface area contributed by atoms with Crippen LogP contribution in [0.4, 0.5) is 0 Å². The zero-order valence-electron chi connectivity index (χ0n) is 16.0. The Bertz CT molecular complexity index is 819. The molecule has 1 heterocycles. The smallest absolute Gasteiger partial charge is 0.253 e. The number of rotatable bonds is 4. The number of phenols is 1. The van der Waals surface area contributed by atoms with Crippen molar-refractivity contribution < 1.29 is 15.0 Å². The molecule has 5 nitrogen and oxygen atoms in total. The van der Waals surface area contributed by atoms with Crippen LogP contribution in [0.25, 0.3) is 0 Å². The topological polar surface area (TPSA) is 86.8 Å². The number of aliphatic hydroxyl groups is 1. The molecule has 1 amide bonds. The molecule has 0 saturated carbocycles. The van der Waals surface area contributed by atoms with Gasteiger partial charge in [0.1, 0.15) is 5.75 Å². The summed E-state index contributed by atoms with van der Waals surface area (Å²) in [6, 6.07) is 13.1. The second-order valence-corrected chi connectivity index (χ2v) is 7.81. The van der Waals surface area contributed by atoms with Gasteiger partial charge >= 0.3 is 0 Å². The van der Waals surface area contributed by atoms with Gasteiger partial charge in [0.15, 0.2) is 0 Å². The van der Waals surface area contributed by atoms with E-state index < -0.39 is 5.60 Å². The van der Waals surface area contributed by atoms with Gasteiger partial charge in [0.25, 0.3) is 5.91 Å². The number of nitrogens with two attached hydrogens (primary N) is 1. The van der Waals surface area contributed by atoms with Gasteiger partial charge in [0.05, 0.1) is 5.60 Å². The average molecular weight is 368 g/mol. The first-order chi connectivity index (χ1) is 12.8. The molecule has 2 aromatic carbocycles. The maximum absolute atomic E-state index is 12.8. The predicted octanol–water partition coefficient (Wildman–Crippen LogP) is 3.10. The van der Waals surface area contributed by atoms with Gasteiger partial charge in [-0.2, -0.15) is 0 Å². The Morgan fingerprint density at radius 2 is 1.89 bits per heavy atom. The molecule has 0 spiro atoms. The fraction of sp³-hybridized carbons (Fsp3) is 0.409. The Labute approximate surface area is 160 Å². The molecular formula is C22H28N2O3. The SMILES string of the molecule is CC(C)(O)c1ccc(C(=O)N2CCC(c3cccc(CN)c3)CC2)cc1O. The number of benzene rings is 2. The van der Waals surface area contributed by atoms with Crippen molar-refractivity contribution in [2.75, 3.05) is 13.1 Å². The fourth-order valence-electron chi connectivity index (χ4n) is 3.75. The summed E-state index contributed by atoms with van der Waals surface area (Å²) in [5.41, 5.74) is 7.87. The molecule has 0 atom stereocenters. The highest BCUT2D eigenvalue weighted by Crippen LogP contribution is 2.32. The van der Waals surface area contributed by atoms with Crippen molar-refractivity contribution in [2.45, 2.75) is 44.8 Å². The van der Waals surface area contributed by atoms with Gasteiger partial charge in [0.2, 0.25) is 0 Å². The van der Waals surface area contributed by atoms with Gasteiger partial charge in [-0.15, -0.1) is 0 Å². The van der Waals surface area contributed by atoms with E-state index in [1.165, 1.54) is 11.6 Å². The minimum absolute atomic E-state index is 0.0539. The first-order valence-electron chi connectivity index (χ1n) is 9.43. The minimum atomic E-state index is -1.15. The molecule has 4 N–H and O–H groups in total. The maximum Gasteiger partial charge on any atom is 0.253 e. The van der Waals surface area contributed by atoms with Crippen LogP contribution in [-0.4, -0.2) is 34.1 Å². The van der Waals surface area contributed by atoms with Crippen molar-refractivity contribution in [2.24, 2.45) is 5.73 Å². The second kappa shape index (κ2) is 7.71. The van der Waals surface area contributed by atoms with Crippen LogP contribution in [0.2, 0.25) is 0 Å². The number of hydrogen-bond acceptors (Lipinski definition) is 4. The zero-order valence-corrected chi connectivity index (χ0v) is 16.0. The van der Waals surface area contributed by atoms with E-state index in [0.717, 1.165) is 18.4 Å². The molecule has 1 aliphatic heterocycles. The number of piperidine rings is 1. The van der Waals surface area contributed by atoms with Crippen LogP contribution in [0.1, 0.15) is 59.7 Å². The molecule has 0 unspecified atom stereocenters. The van der Waals surface area contributed by atoms with E-state index in [9.17, 15) is 15.0 Å². The number of phenolic OH excluding ortho intramolecular Hbond substituents is 1. The quantitative estimate of drug-likeness (QED) is 0.774. The molecule has 1 aliphatic rings. The molecule has 5 heteroatoms. The Kier molecular flexibility index (Phi) is 5.53. The van der Waals surface area contributed by atoms with Gasteiger partial charge in [-0.1, -0.05) is 30.3 Å². The number of carbonyl (C=O) groups is 1. The Balaban J connectivity index is 1.67. The first-order valence-corrected chi connectivity index (χ1v) is 9.43. The van der Waals surface area contributed by atoms with Crippen molar-refractivity contribution in [3.8, 4) is 5.75 Å². The standard InChI is InChI=1S/C22H28N2O3/c1-22(2,27)19-7-6-18(13-20(19)25)21(26)24-10-8-16(9-11-24)17-5-3-4-15(12-17)14-23/h3-7,12-13,16,25,27H,8-11,14,23H2,1-2H3. The minimum Gasteiger partial charge on any atom is -0.508 e. The van der Waals surface area contributed by atoms with Crippen LogP contribution in [0, 0.1) is 0 Å². The van der Waals surface area contributed by atoms with Gasteiger partial charge in [-0.25, -0.2) is 0 Å². The van der Waals surface area contributed by atoms with Crippen LogP contribution in [0.15, 0.2) is 42.5 Å². The van der Waals surface area contributed by atoms with Gasteiger partial charge in [-0.3, -0.25) is 4.79 Å². The number of hydrogen-bond donors (Lipinski definition) is 3. The summed E-state index contributed by atoms with van der Waals surface area (Å²) in [5.74, 6) is 0.301. The molecule has 0 radical (unpaired) electrons. The highest BCUT2D eigenvalue weighted by molar-refractivity contribution is 5.94. The van der Waals surface area contributed by atoms with E-state index in [1.807, 2.05) is 17.0 Å². The summed E-state index contributed by atoms with van der Waals surface area (Å²) < 4.78 is 0. The number of amides is 1.